The molecule has 9 heteroatoms. The highest BCUT2D eigenvalue weighted by Crippen LogP contribution is 2.40. The van der Waals surface area contributed by atoms with Gasteiger partial charge in [-0.25, -0.2) is 0 Å². The van der Waals surface area contributed by atoms with Crippen LogP contribution in [-0.2, 0) is 18.9 Å². The molecule has 0 radical (unpaired) electrons. The van der Waals surface area contributed by atoms with E-state index in [4.69, 9.17) is 0 Å². The number of halogens is 6. The van der Waals surface area contributed by atoms with Gasteiger partial charge in [0.05, 0.1) is 21.3 Å². The molecule has 0 fully saturated rings. The van der Waals surface area contributed by atoms with Gasteiger partial charge < -0.3 is 0 Å². The van der Waals surface area contributed by atoms with Crippen molar-refractivity contribution < 1.29 is 26.3 Å². The molecule has 0 amide bonds. The summed E-state index contributed by atoms with van der Waals surface area (Å²) in [6.45, 7) is 1.47. The molecule has 0 bridgehead atoms. The summed E-state index contributed by atoms with van der Waals surface area (Å²) in [4.78, 5) is 10.8. The molecule has 0 atom stereocenters. The Morgan fingerprint density at radius 1 is 1.10 bits per heavy atom. The third kappa shape index (κ3) is 2.41. The number of aryl methyl sites for hydroxylation is 1. The number of rotatable bonds is 1. The van der Waals surface area contributed by atoms with Crippen molar-refractivity contribution in [2.45, 2.75) is 25.8 Å². The molecule has 2 aromatic rings. The highest BCUT2D eigenvalue weighted by Gasteiger charge is 2.39. The predicted molar refractivity (Wildman–Crippen MR) is 61.8 cm³/mol. The van der Waals surface area contributed by atoms with Gasteiger partial charge in [0.1, 0.15) is 0 Å². The molecule has 2 rings (SSSR count). The van der Waals surface area contributed by atoms with Crippen LogP contribution in [0.15, 0.2) is 16.9 Å². The molecule has 2 nitrogen and oxygen atoms in total. The molecule has 1 heterocycles. The van der Waals surface area contributed by atoms with E-state index in [-0.39, 0.29) is 18.1 Å². The van der Waals surface area contributed by atoms with Gasteiger partial charge in [-0.05, 0) is 19.1 Å². The van der Waals surface area contributed by atoms with Gasteiger partial charge in [0.2, 0.25) is 0 Å². The molecule has 0 unspecified atom stereocenters. The monoisotopic (exact) mass is 315 g/mol. The summed E-state index contributed by atoms with van der Waals surface area (Å²) in [5, 5.41) is 0. The largest absolute Gasteiger partial charge is 0.417 e. The van der Waals surface area contributed by atoms with Gasteiger partial charge in [0.25, 0.3) is 0 Å². The van der Waals surface area contributed by atoms with Crippen molar-refractivity contribution in [3.63, 3.8) is 0 Å². The molecular weight excluding hydrogens is 308 g/mol. The lowest BCUT2D eigenvalue weighted by Gasteiger charge is -2.13. The first-order chi connectivity index (χ1) is 9.05. The van der Waals surface area contributed by atoms with E-state index in [0.29, 0.717) is 17.4 Å². The number of benzene rings is 1. The summed E-state index contributed by atoms with van der Waals surface area (Å²) in [6.07, 6.45) is -9.87. The second kappa shape index (κ2) is 4.51. The van der Waals surface area contributed by atoms with E-state index in [1.807, 2.05) is 0 Å². The van der Waals surface area contributed by atoms with Crippen molar-refractivity contribution >= 4 is 21.6 Å². The maximum absolute atomic E-state index is 12.9. The van der Waals surface area contributed by atoms with E-state index in [1.54, 1.807) is 0 Å². The Hall–Kier alpha value is -1.51. The van der Waals surface area contributed by atoms with Crippen LogP contribution in [0.5, 0.6) is 0 Å². The predicted octanol–water partition coefficient (Wildman–Crippen LogP) is 4.12. The van der Waals surface area contributed by atoms with E-state index in [1.165, 1.54) is 6.92 Å². The van der Waals surface area contributed by atoms with Crippen molar-refractivity contribution in [3.05, 3.63) is 32.9 Å². The Kier molecular flexibility index (Phi) is 3.35. The minimum atomic E-state index is -4.96. The summed E-state index contributed by atoms with van der Waals surface area (Å²) in [5.41, 5.74) is -3.20. The van der Waals surface area contributed by atoms with Crippen molar-refractivity contribution in [1.29, 1.82) is 0 Å². The minimum Gasteiger partial charge on any atom is -0.299 e. The second-order valence-corrected chi connectivity index (χ2v) is 4.94. The third-order valence-electron chi connectivity index (χ3n) is 2.72. The number of hydrogen-bond acceptors (Lipinski definition) is 2. The Bertz CT molecular complexity index is 708. The van der Waals surface area contributed by atoms with Crippen LogP contribution in [0.4, 0.5) is 26.3 Å². The third-order valence-corrected chi connectivity index (χ3v) is 3.75. The van der Waals surface area contributed by atoms with Crippen LogP contribution in [0.25, 0.3) is 10.2 Å². The molecule has 0 spiro atoms. The van der Waals surface area contributed by atoms with Crippen molar-refractivity contribution in [1.82, 2.24) is 4.57 Å². The van der Waals surface area contributed by atoms with Crippen LogP contribution in [0.3, 0.4) is 0 Å². The van der Waals surface area contributed by atoms with Gasteiger partial charge in [-0.15, -0.1) is 0 Å². The van der Waals surface area contributed by atoms with Gasteiger partial charge in [-0.1, -0.05) is 11.3 Å². The van der Waals surface area contributed by atoms with Crippen LogP contribution < -0.4 is 4.87 Å². The first-order valence-electron chi connectivity index (χ1n) is 5.37. The quantitative estimate of drug-likeness (QED) is 0.726. The fraction of sp³-hybridized carbons (Fsp3) is 0.364. The fourth-order valence-electron chi connectivity index (χ4n) is 1.84. The van der Waals surface area contributed by atoms with Gasteiger partial charge in [0.15, 0.2) is 0 Å². The molecule has 1 aromatic carbocycles. The highest BCUT2D eigenvalue weighted by molar-refractivity contribution is 7.16. The van der Waals surface area contributed by atoms with Crippen LogP contribution in [0.2, 0.25) is 0 Å². The van der Waals surface area contributed by atoms with E-state index in [9.17, 15) is 31.1 Å². The summed E-state index contributed by atoms with van der Waals surface area (Å²) >= 11 is 0.296. The maximum atomic E-state index is 12.9. The smallest absolute Gasteiger partial charge is 0.299 e. The van der Waals surface area contributed by atoms with Gasteiger partial charge >= 0.3 is 17.2 Å². The van der Waals surface area contributed by atoms with Crippen molar-refractivity contribution in [2.75, 3.05) is 0 Å². The molecule has 0 saturated carbocycles. The second-order valence-electron chi connectivity index (χ2n) is 3.98. The lowest BCUT2D eigenvalue weighted by molar-refractivity contribution is -0.142. The Morgan fingerprint density at radius 2 is 1.70 bits per heavy atom. The highest BCUT2D eigenvalue weighted by atomic mass is 32.1. The Labute approximate surface area is 112 Å². The zero-order valence-corrected chi connectivity index (χ0v) is 10.7. The van der Waals surface area contributed by atoms with Crippen LogP contribution in [0.1, 0.15) is 18.1 Å². The summed E-state index contributed by atoms with van der Waals surface area (Å²) in [6, 6.07) is 0.615. The number of thiazole rings is 1. The van der Waals surface area contributed by atoms with Crippen molar-refractivity contribution in [3.8, 4) is 0 Å². The topological polar surface area (TPSA) is 22.0 Å². The standard InChI is InChI=1S/C11H7F6NOS/c1-2-18-7-4-5(10(12,13)14)3-6(11(15,16)17)8(7)20-9(18)19/h3-4H,2H2,1H3. The van der Waals surface area contributed by atoms with Gasteiger partial charge in [-0.3, -0.25) is 9.36 Å². The average Bonchev–Trinajstić information content (AvgIpc) is 2.60. The summed E-state index contributed by atoms with van der Waals surface area (Å²) in [5.74, 6) is 0. The molecule has 0 aliphatic carbocycles. The van der Waals surface area contributed by atoms with Gasteiger partial charge in [0, 0.05) is 6.54 Å². The number of hydrogen-bond donors (Lipinski definition) is 0. The minimum absolute atomic E-state index is 0.00254. The normalized spacial score (nSPS) is 13.2. The van der Waals surface area contributed by atoms with E-state index in [2.05, 4.69) is 0 Å². The number of fused-ring (bicyclic) bond motifs is 1. The van der Waals surface area contributed by atoms with Crippen LogP contribution >= 0.6 is 11.3 Å². The average molecular weight is 315 g/mol. The number of alkyl halides is 6. The first kappa shape index (κ1) is 14.9. The fourth-order valence-corrected chi connectivity index (χ4v) is 2.91. The first-order valence-corrected chi connectivity index (χ1v) is 6.19. The molecule has 0 aliphatic heterocycles. The zero-order chi connectivity index (χ0) is 15.3. The van der Waals surface area contributed by atoms with Crippen LogP contribution in [0, 0.1) is 0 Å². The SMILES string of the molecule is CCn1c(=O)sc2c(C(F)(F)F)cc(C(F)(F)F)cc21. The van der Waals surface area contributed by atoms with E-state index in [0.717, 1.165) is 4.57 Å². The van der Waals surface area contributed by atoms with E-state index < -0.39 is 33.1 Å². The molecule has 1 aromatic heterocycles. The van der Waals surface area contributed by atoms with E-state index >= 15 is 0 Å². The molecule has 0 N–H and O–H groups in total. The Balaban J connectivity index is 2.93. The Morgan fingerprint density at radius 3 is 2.15 bits per heavy atom. The van der Waals surface area contributed by atoms with Gasteiger partial charge in [-0.2, -0.15) is 26.3 Å². The van der Waals surface area contributed by atoms with Crippen molar-refractivity contribution in [2.24, 2.45) is 0 Å². The number of aromatic nitrogens is 1. The summed E-state index contributed by atoms with van der Waals surface area (Å²) in [7, 11) is 0. The lowest BCUT2D eigenvalue weighted by atomic mass is 10.1. The number of nitrogens with zero attached hydrogens (tertiary/aromatic N) is 1. The molecule has 0 aliphatic rings. The summed E-state index contributed by atoms with van der Waals surface area (Å²) < 4.78 is 77.0. The molecule has 20 heavy (non-hydrogen) atoms. The van der Waals surface area contributed by atoms with Crippen LogP contribution in [-0.4, -0.2) is 4.57 Å². The maximum Gasteiger partial charge on any atom is 0.417 e. The zero-order valence-electron chi connectivity index (χ0n) is 9.89. The molecule has 0 saturated heterocycles. The molecular formula is C11H7F6NOS. The lowest BCUT2D eigenvalue weighted by Crippen LogP contribution is -2.13. The molecule has 110 valence electrons.